The van der Waals surface area contributed by atoms with Crippen molar-refractivity contribution < 1.29 is 4.42 Å². The molecule has 118 valence electrons. The lowest BCUT2D eigenvalue weighted by Gasteiger charge is -2.20. The zero-order chi connectivity index (χ0) is 16.1. The van der Waals surface area contributed by atoms with E-state index in [1.54, 1.807) is 18.7 Å². The first kappa shape index (κ1) is 15.1. The average molecular weight is 308 g/mol. The summed E-state index contributed by atoms with van der Waals surface area (Å²) in [5.74, 6) is 0. The van der Waals surface area contributed by atoms with Gasteiger partial charge in [0.2, 0.25) is 0 Å². The number of benzene rings is 1. The van der Waals surface area contributed by atoms with E-state index in [0.717, 1.165) is 30.0 Å². The van der Waals surface area contributed by atoms with E-state index in [2.05, 4.69) is 58.3 Å². The first-order valence-electron chi connectivity index (χ1n) is 7.78. The molecule has 0 radical (unpaired) electrons. The second-order valence-electron chi connectivity index (χ2n) is 5.12. The fourth-order valence-corrected chi connectivity index (χ4v) is 2.45. The zero-order valence-corrected chi connectivity index (χ0v) is 13.4. The SMILES string of the molecule is CCN(CC)c1ccc(-c2coc(Nc3ccncc3)n2)cc1. The van der Waals surface area contributed by atoms with Gasteiger partial charge in [-0.05, 0) is 38.1 Å². The van der Waals surface area contributed by atoms with Crippen molar-refractivity contribution in [2.45, 2.75) is 13.8 Å². The van der Waals surface area contributed by atoms with Gasteiger partial charge in [0.15, 0.2) is 0 Å². The summed E-state index contributed by atoms with van der Waals surface area (Å²) >= 11 is 0. The molecule has 0 saturated heterocycles. The van der Waals surface area contributed by atoms with Crippen molar-refractivity contribution in [1.82, 2.24) is 9.97 Å². The molecule has 0 aliphatic carbocycles. The molecule has 5 nitrogen and oxygen atoms in total. The van der Waals surface area contributed by atoms with E-state index in [9.17, 15) is 0 Å². The van der Waals surface area contributed by atoms with Crippen molar-refractivity contribution in [2.24, 2.45) is 0 Å². The molecule has 0 aliphatic heterocycles. The normalized spacial score (nSPS) is 10.5. The van der Waals surface area contributed by atoms with Gasteiger partial charge in [0.25, 0.3) is 6.01 Å². The van der Waals surface area contributed by atoms with Crippen molar-refractivity contribution in [3.8, 4) is 11.3 Å². The number of pyridine rings is 1. The molecular formula is C18H20N4O. The molecule has 2 aromatic heterocycles. The van der Waals surface area contributed by atoms with Gasteiger partial charge < -0.3 is 14.6 Å². The standard InChI is InChI=1S/C18H20N4O/c1-3-22(4-2)16-7-5-14(6-8-16)17-13-23-18(21-17)20-15-9-11-19-12-10-15/h5-13H,3-4H2,1-2H3,(H,19,20,21). The van der Waals surface area contributed by atoms with E-state index in [1.807, 2.05) is 12.1 Å². The maximum atomic E-state index is 5.49. The summed E-state index contributed by atoms with van der Waals surface area (Å²) in [6, 6.07) is 12.6. The second-order valence-corrected chi connectivity index (χ2v) is 5.12. The molecule has 0 spiro atoms. The van der Waals surface area contributed by atoms with Crippen LogP contribution in [0.2, 0.25) is 0 Å². The van der Waals surface area contributed by atoms with Gasteiger partial charge >= 0.3 is 0 Å². The van der Waals surface area contributed by atoms with Crippen LogP contribution in [0.1, 0.15) is 13.8 Å². The van der Waals surface area contributed by atoms with Crippen molar-refractivity contribution in [2.75, 3.05) is 23.3 Å². The Morgan fingerprint density at radius 1 is 1.00 bits per heavy atom. The van der Waals surface area contributed by atoms with Crippen LogP contribution in [0, 0.1) is 0 Å². The van der Waals surface area contributed by atoms with E-state index in [0.29, 0.717) is 6.01 Å². The van der Waals surface area contributed by atoms with Crippen molar-refractivity contribution in [1.29, 1.82) is 0 Å². The van der Waals surface area contributed by atoms with E-state index < -0.39 is 0 Å². The minimum atomic E-state index is 0.471. The summed E-state index contributed by atoms with van der Waals surface area (Å²) in [7, 11) is 0. The molecule has 0 saturated carbocycles. The lowest BCUT2D eigenvalue weighted by atomic mass is 10.1. The van der Waals surface area contributed by atoms with Crippen molar-refractivity contribution in [3.63, 3.8) is 0 Å². The Hall–Kier alpha value is -2.82. The van der Waals surface area contributed by atoms with Gasteiger partial charge in [-0.25, -0.2) is 0 Å². The molecule has 1 N–H and O–H groups in total. The third kappa shape index (κ3) is 3.51. The molecule has 0 aliphatic rings. The van der Waals surface area contributed by atoms with E-state index >= 15 is 0 Å². The minimum absolute atomic E-state index is 0.471. The van der Waals surface area contributed by atoms with Crippen LogP contribution in [0.4, 0.5) is 17.4 Å². The third-order valence-corrected chi connectivity index (χ3v) is 3.73. The highest BCUT2D eigenvalue weighted by molar-refractivity contribution is 5.64. The highest BCUT2D eigenvalue weighted by Crippen LogP contribution is 2.25. The van der Waals surface area contributed by atoms with Crippen LogP contribution in [-0.4, -0.2) is 23.1 Å². The van der Waals surface area contributed by atoms with Gasteiger partial charge in [0, 0.05) is 42.4 Å². The monoisotopic (exact) mass is 308 g/mol. The number of aromatic nitrogens is 2. The van der Waals surface area contributed by atoms with Crippen LogP contribution in [0.5, 0.6) is 0 Å². The Labute approximate surface area is 136 Å². The lowest BCUT2D eigenvalue weighted by molar-refractivity contribution is 0.578. The van der Waals surface area contributed by atoms with Crippen molar-refractivity contribution in [3.05, 3.63) is 55.1 Å². The zero-order valence-electron chi connectivity index (χ0n) is 13.4. The average Bonchev–Trinajstić information content (AvgIpc) is 3.06. The quantitative estimate of drug-likeness (QED) is 0.734. The van der Waals surface area contributed by atoms with Crippen molar-refractivity contribution >= 4 is 17.4 Å². The molecule has 5 heteroatoms. The molecule has 0 amide bonds. The van der Waals surface area contributed by atoms with Crippen LogP contribution < -0.4 is 10.2 Å². The van der Waals surface area contributed by atoms with Gasteiger partial charge in [0.05, 0.1) is 0 Å². The van der Waals surface area contributed by atoms with Gasteiger partial charge in [0.1, 0.15) is 12.0 Å². The Bertz CT molecular complexity index is 733. The van der Waals surface area contributed by atoms with Crippen LogP contribution in [0.25, 0.3) is 11.3 Å². The molecule has 1 aromatic carbocycles. The number of oxazole rings is 1. The van der Waals surface area contributed by atoms with Crippen LogP contribution >= 0.6 is 0 Å². The molecule has 23 heavy (non-hydrogen) atoms. The van der Waals surface area contributed by atoms with E-state index in [1.165, 1.54) is 5.69 Å². The summed E-state index contributed by atoms with van der Waals surface area (Å²) in [6.07, 6.45) is 5.10. The Balaban J connectivity index is 1.75. The minimum Gasteiger partial charge on any atom is -0.431 e. The van der Waals surface area contributed by atoms with E-state index in [-0.39, 0.29) is 0 Å². The number of rotatable bonds is 6. The first-order chi connectivity index (χ1) is 11.3. The molecular weight excluding hydrogens is 288 g/mol. The topological polar surface area (TPSA) is 54.2 Å². The lowest BCUT2D eigenvalue weighted by Crippen LogP contribution is -2.21. The fourth-order valence-electron chi connectivity index (χ4n) is 2.45. The molecule has 3 rings (SSSR count). The molecule has 0 fully saturated rings. The van der Waals surface area contributed by atoms with Gasteiger partial charge in [-0.1, -0.05) is 12.1 Å². The summed E-state index contributed by atoms with van der Waals surface area (Å²) in [6.45, 7) is 6.32. The first-order valence-corrected chi connectivity index (χ1v) is 7.78. The number of nitrogens with one attached hydrogen (secondary N) is 1. The summed E-state index contributed by atoms with van der Waals surface area (Å²) in [5.41, 5.74) is 3.96. The molecule has 0 bridgehead atoms. The molecule has 3 aromatic rings. The summed E-state index contributed by atoms with van der Waals surface area (Å²) in [5, 5.41) is 3.12. The van der Waals surface area contributed by atoms with E-state index in [4.69, 9.17) is 4.42 Å². The molecule has 0 atom stereocenters. The maximum Gasteiger partial charge on any atom is 0.299 e. The Kier molecular flexibility index (Phi) is 4.57. The number of anilines is 3. The summed E-state index contributed by atoms with van der Waals surface area (Å²) < 4.78 is 5.49. The van der Waals surface area contributed by atoms with Gasteiger partial charge in [-0.3, -0.25) is 4.98 Å². The molecule has 2 heterocycles. The number of hydrogen-bond donors (Lipinski definition) is 1. The highest BCUT2D eigenvalue weighted by atomic mass is 16.4. The number of hydrogen-bond acceptors (Lipinski definition) is 5. The van der Waals surface area contributed by atoms with Gasteiger partial charge in [-0.2, -0.15) is 4.98 Å². The predicted octanol–water partition coefficient (Wildman–Crippen LogP) is 4.33. The largest absolute Gasteiger partial charge is 0.431 e. The molecule has 0 unspecified atom stereocenters. The van der Waals surface area contributed by atoms with Crippen LogP contribution in [0.15, 0.2) is 59.5 Å². The van der Waals surface area contributed by atoms with Crippen LogP contribution in [0.3, 0.4) is 0 Å². The maximum absolute atomic E-state index is 5.49. The predicted molar refractivity (Wildman–Crippen MR) is 93.0 cm³/mol. The smallest absolute Gasteiger partial charge is 0.299 e. The Morgan fingerprint density at radius 2 is 1.70 bits per heavy atom. The fraction of sp³-hybridized carbons (Fsp3) is 0.222. The van der Waals surface area contributed by atoms with Crippen LogP contribution in [-0.2, 0) is 0 Å². The van der Waals surface area contributed by atoms with Gasteiger partial charge in [-0.15, -0.1) is 0 Å². The Morgan fingerprint density at radius 3 is 2.35 bits per heavy atom. The highest BCUT2D eigenvalue weighted by Gasteiger charge is 2.08. The second kappa shape index (κ2) is 6.96. The third-order valence-electron chi connectivity index (χ3n) is 3.73. The number of nitrogens with zero attached hydrogens (tertiary/aromatic N) is 3. The summed E-state index contributed by atoms with van der Waals surface area (Å²) in [4.78, 5) is 10.8.